The summed E-state index contributed by atoms with van der Waals surface area (Å²) < 4.78 is 7.74. The number of hydrogen-bond donors (Lipinski definition) is 0. The first-order chi connectivity index (χ1) is 9.77. The molecule has 0 spiro atoms. The van der Waals surface area contributed by atoms with E-state index in [0.717, 1.165) is 25.8 Å². The van der Waals surface area contributed by atoms with Gasteiger partial charge in [-0.1, -0.05) is 42.1 Å². The maximum atomic E-state index is 6.03. The van der Waals surface area contributed by atoms with Gasteiger partial charge in [-0.3, -0.25) is 0 Å². The molecule has 0 N–H and O–H groups in total. The van der Waals surface area contributed by atoms with Gasteiger partial charge in [-0.15, -0.1) is 0 Å². The molecule has 0 amide bonds. The number of para-hydroxylation sites is 1. The molecule has 0 unspecified atom stereocenters. The molecule has 0 atom stereocenters. The molecular formula is C15H18Cl2N2O. The molecule has 0 bridgehead atoms. The zero-order valence-electron chi connectivity index (χ0n) is 11.3. The first-order valence-corrected chi connectivity index (χ1v) is 7.55. The van der Waals surface area contributed by atoms with Crippen molar-refractivity contribution in [2.45, 2.75) is 32.2 Å². The smallest absolute Gasteiger partial charge is 0.156 e. The third-order valence-electron chi connectivity index (χ3n) is 3.04. The van der Waals surface area contributed by atoms with Crippen LogP contribution in [0.2, 0.25) is 10.0 Å². The van der Waals surface area contributed by atoms with Crippen molar-refractivity contribution >= 4 is 23.2 Å². The van der Waals surface area contributed by atoms with Gasteiger partial charge in [-0.2, -0.15) is 0 Å². The average molecular weight is 313 g/mol. The number of hydrogen-bond acceptors (Lipinski definition) is 2. The molecule has 0 fully saturated rings. The van der Waals surface area contributed by atoms with Crippen molar-refractivity contribution in [3.8, 4) is 5.75 Å². The number of imidazole rings is 1. The molecule has 1 aromatic heterocycles. The van der Waals surface area contributed by atoms with Crippen LogP contribution in [0.5, 0.6) is 5.75 Å². The van der Waals surface area contributed by atoms with Gasteiger partial charge in [0.25, 0.3) is 0 Å². The van der Waals surface area contributed by atoms with Crippen LogP contribution in [-0.4, -0.2) is 16.2 Å². The molecule has 108 valence electrons. The van der Waals surface area contributed by atoms with Crippen LogP contribution < -0.4 is 4.74 Å². The molecule has 20 heavy (non-hydrogen) atoms. The van der Waals surface area contributed by atoms with Crippen molar-refractivity contribution < 1.29 is 4.74 Å². The lowest BCUT2D eigenvalue weighted by atomic mass is 10.2. The normalized spacial score (nSPS) is 10.7. The lowest BCUT2D eigenvalue weighted by Crippen LogP contribution is -1.99. The molecule has 0 radical (unpaired) electrons. The summed E-state index contributed by atoms with van der Waals surface area (Å²) in [4.78, 5) is 4.02. The standard InChI is InChI=1S/C15H18Cl2N2O/c16-13-6-5-7-14(17)15(13)20-11-4-2-1-3-9-19-10-8-18-12-19/h5-8,10,12H,1-4,9,11H2. The molecule has 1 heterocycles. The fraction of sp³-hybridized carbons (Fsp3) is 0.400. The SMILES string of the molecule is Clc1cccc(Cl)c1OCCCCCCn1ccnc1. The maximum absolute atomic E-state index is 6.03. The Hall–Kier alpha value is -1.19. The Balaban J connectivity index is 1.57. The summed E-state index contributed by atoms with van der Waals surface area (Å²) in [7, 11) is 0. The number of aromatic nitrogens is 2. The maximum Gasteiger partial charge on any atom is 0.156 e. The number of halogens is 2. The van der Waals surface area contributed by atoms with Gasteiger partial charge >= 0.3 is 0 Å². The molecular weight excluding hydrogens is 295 g/mol. The van der Waals surface area contributed by atoms with Crippen LogP contribution in [-0.2, 0) is 6.54 Å². The second kappa shape index (κ2) is 8.18. The van der Waals surface area contributed by atoms with Gasteiger partial charge in [0, 0.05) is 18.9 Å². The minimum atomic E-state index is 0.567. The average Bonchev–Trinajstić information content (AvgIpc) is 2.93. The number of ether oxygens (including phenoxy) is 1. The third-order valence-corrected chi connectivity index (χ3v) is 3.63. The van der Waals surface area contributed by atoms with Crippen LogP contribution in [0.3, 0.4) is 0 Å². The molecule has 5 heteroatoms. The molecule has 1 aromatic carbocycles. The van der Waals surface area contributed by atoms with E-state index in [-0.39, 0.29) is 0 Å². The molecule has 0 aliphatic rings. The minimum Gasteiger partial charge on any atom is -0.490 e. The molecule has 2 rings (SSSR count). The summed E-state index contributed by atoms with van der Waals surface area (Å²) in [5, 5.41) is 1.13. The van der Waals surface area contributed by atoms with E-state index in [0.29, 0.717) is 22.4 Å². The Morgan fingerprint density at radius 3 is 2.50 bits per heavy atom. The lowest BCUT2D eigenvalue weighted by molar-refractivity contribution is 0.304. The summed E-state index contributed by atoms with van der Waals surface area (Å²) in [5.41, 5.74) is 0. The zero-order valence-corrected chi connectivity index (χ0v) is 12.8. The van der Waals surface area contributed by atoms with Crippen LogP contribution in [0.15, 0.2) is 36.9 Å². The molecule has 0 aliphatic carbocycles. The van der Waals surface area contributed by atoms with Crippen molar-refractivity contribution in [1.82, 2.24) is 9.55 Å². The number of aryl methyl sites for hydroxylation is 1. The number of nitrogens with zero attached hydrogens (tertiary/aromatic N) is 2. The summed E-state index contributed by atoms with van der Waals surface area (Å²) in [5.74, 6) is 0.592. The Bertz CT molecular complexity index is 494. The van der Waals surface area contributed by atoms with Crippen LogP contribution in [0, 0.1) is 0 Å². The topological polar surface area (TPSA) is 27.1 Å². The highest BCUT2D eigenvalue weighted by atomic mass is 35.5. The van der Waals surface area contributed by atoms with Crippen LogP contribution in [0.4, 0.5) is 0 Å². The first-order valence-electron chi connectivity index (χ1n) is 6.80. The highest BCUT2D eigenvalue weighted by molar-refractivity contribution is 6.37. The van der Waals surface area contributed by atoms with Gasteiger partial charge in [0.15, 0.2) is 5.75 Å². The summed E-state index contributed by atoms with van der Waals surface area (Å²) in [6, 6.07) is 5.38. The minimum absolute atomic E-state index is 0.567. The quantitative estimate of drug-likeness (QED) is 0.653. The molecule has 0 aliphatic heterocycles. The predicted octanol–water partition coefficient (Wildman–Crippen LogP) is 4.83. The van der Waals surface area contributed by atoms with Crippen molar-refractivity contribution in [2.75, 3.05) is 6.61 Å². The van der Waals surface area contributed by atoms with Gasteiger partial charge in [0.2, 0.25) is 0 Å². The van der Waals surface area contributed by atoms with E-state index in [1.807, 2.05) is 18.6 Å². The van der Waals surface area contributed by atoms with Gasteiger partial charge < -0.3 is 9.30 Å². The lowest BCUT2D eigenvalue weighted by Gasteiger charge is -2.09. The van der Waals surface area contributed by atoms with Crippen molar-refractivity contribution in [3.05, 3.63) is 47.0 Å². The predicted molar refractivity (Wildman–Crippen MR) is 82.7 cm³/mol. The van der Waals surface area contributed by atoms with E-state index in [9.17, 15) is 0 Å². The Morgan fingerprint density at radius 1 is 1.05 bits per heavy atom. The molecule has 0 saturated carbocycles. The summed E-state index contributed by atoms with van der Waals surface area (Å²) in [6.07, 6.45) is 10.1. The van der Waals surface area contributed by atoms with Gasteiger partial charge in [0.05, 0.1) is 23.0 Å². The largest absolute Gasteiger partial charge is 0.490 e. The van der Waals surface area contributed by atoms with E-state index in [1.165, 1.54) is 6.42 Å². The number of unbranched alkanes of at least 4 members (excludes halogenated alkanes) is 3. The highest BCUT2D eigenvalue weighted by Crippen LogP contribution is 2.32. The van der Waals surface area contributed by atoms with Crippen molar-refractivity contribution in [2.24, 2.45) is 0 Å². The van der Waals surface area contributed by atoms with Gasteiger partial charge in [-0.25, -0.2) is 4.98 Å². The number of rotatable bonds is 8. The molecule has 3 nitrogen and oxygen atoms in total. The molecule has 2 aromatic rings. The van der Waals surface area contributed by atoms with E-state index < -0.39 is 0 Å². The van der Waals surface area contributed by atoms with E-state index in [4.69, 9.17) is 27.9 Å². The van der Waals surface area contributed by atoms with E-state index in [1.54, 1.807) is 18.3 Å². The van der Waals surface area contributed by atoms with Crippen LogP contribution in [0.25, 0.3) is 0 Å². The van der Waals surface area contributed by atoms with E-state index in [2.05, 4.69) is 9.55 Å². The zero-order chi connectivity index (χ0) is 14.2. The Morgan fingerprint density at radius 2 is 1.80 bits per heavy atom. The first kappa shape index (κ1) is 15.2. The summed E-state index contributed by atoms with van der Waals surface area (Å²) >= 11 is 12.1. The fourth-order valence-electron chi connectivity index (χ4n) is 1.96. The Labute approximate surface area is 129 Å². The van der Waals surface area contributed by atoms with Crippen molar-refractivity contribution in [1.29, 1.82) is 0 Å². The van der Waals surface area contributed by atoms with Crippen molar-refractivity contribution in [3.63, 3.8) is 0 Å². The second-order valence-corrected chi connectivity index (χ2v) is 5.43. The van der Waals surface area contributed by atoms with Crippen LogP contribution >= 0.6 is 23.2 Å². The van der Waals surface area contributed by atoms with Gasteiger partial charge in [-0.05, 0) is 25.0 Å². The number of benzene rings is 1. The Kier molecular flexibility index (Phi) is 6.22. The third kappa shape index (κ3) is 4.73. The van der Waals surface area contributed by atoms with E-state index >= 15 is 0 Å². The monoisotopic (exact) mass is 312 g/mol. The second-order valence-electron chi connectivity index (χ2n) is 4.61. The van der Waals surface area contributed by atoms with Crippen LogP contribution in [0.1, 0.15) is 25.7 Å². The summed E-state index contributed by atoms with van der Waals surface area (Å²) in [6.45, 7) is 1.67. The highest BCUT2D eigenvalue weighted by Gasteiger charge is 2.05. The molecule has 0 saturated heterocycles. The fourth-order valence-corrected chi connectivity index (χ4v) is 2.47. The van der Waals surface area contributed by atoms with Gasteiger partial charge in [0.1, 0.15) is 0 Å².